The average Bonchev–Trinajstić information content (AvgIpc) is 1.84. The number of carbonyl (C=O) groups is 1. The van der Waals surface area contributed by atoms with E-state index in [0.29, 0.717) is 18.3 Å². The number of hydrogen-bond donors (Lipinski definition) is 1. The van der Waals surface area contributed by atoms with Gasteiger partial charge in [-0.2, -0.15) is 0 Å². The molecule has 0 aromatic rings. The van der Waals surface area contributed by atoms with Gasteiger partial charge < -0.3 is 5.73 Å². The van der Waals surface area contributed by atoms with Crippen LogP contribution < -0.4 is 5.73 Å². The molecule has 2 heteroatoms. The SMILES string of the molecule is CC(C)/C=C/C[C@@H](C)CC(N)=O. The monoisotopic (exact) mass is 169 g/mol. The summed E-state index contributed by atoms with van der Waals surface area (Å²) in [5.41, 5.74) is 5.06. The summed E-state index contributed by atoms with van der Waals surface area (Å²) in [6.07, 6.45) is 5.71. The van der Waals surface area contributed by atoms with Gasteiger partial charge in [-0.25, -0.2) is 0 Å². The highest BCUT2D eigenvalue weighted by molar-refractivity contribution is 5.73. The molecular formula is C10H19NO. The van der Waals surface area contributed by atoms with E-state index in [-0.39, 0.29) is 5.91 Å². The molecule has 0 unspecified atom stereocenters. The van der Waals surface area contributed by atoms with Gasteiger partial charge in [-0.3, -0.25) is 4.79 Å². The van der Waals surface area contributed by atoms with E-state index in [0.717, 1.165) is 6.42 Å². The molecule has 0 aliphatic rings. The van der Waals surface area contributed by atoms with Crippen molar-refractivity contribution in [2.24, 2.45) is 17.6 Å². The molecule has 0 aliphatic carbocycles. The summed E-state index contributed by atoms with van der Waals surface area (Å²) in [7, 11) is 0. The highest BCUT2D eigenvalue weighted by atomic mass is 16.1. The standard InChI is InChI=1S/C10H19NO/c1-8(2)5-4-6-9(3)7-10(11)12/h4-5,8-9H,6-7H2,1-3H3,(H2,11,12)/b5-4+/t9-/m1/s1. The van der Waals surface area contributed by atoms with E-state index in [1.165, 1.54) is 0 Å². The fraction of sp³-hybridized carbons (Fsp3) is 0.700. The van der Waals surface area contributed by atoms with E-state index < -0.39 is 0 Å². The van der Waals surface area contributed by atoms with E-state index in [9.17, 15) is 4.79 Å². The molecule has 1 amide bonds. The van der Waals surface area contributed by atoms with Crippen LogP contribution in [-0.2, 0) is 4.79 Å². The predicted octanol–water partition coefficient (Wildman–Crippen LogP) is 2.10. The summed E-state index contributed by atoms with van der Waals surface area (Å²) in [6.45, 7) is 6.31. The Balaban J connectivity index is 3.56. The van der Waals surface area contributed by atoms with Gasteiger partial charge in [0.25, 0.3) is 0 Å². The van der Waals surface area contributed by atoms with Crippen molar-refractivity contribution in [3.8, 4) is 0 Å². The first-order chi connectivity index (χ1) is 5.52. The molecule has 0 aromatic carbocycles. The molecule has 2 nitrogen and oxygen atoms in total. The largest absolute Gasteiger partial charge is 0.370 e. The van der Waals surface area contributed by atoms with Gasteiger partial charge in [0.15, 0.2) is 0 Å². The molecule has 0 bridgehead atoms. The van der Waals surface area contributed by atoms with Crippen LogP contribution in [0, 0.1) is 11.8 Å². The Bertz CT molecular complexity index is 161. The quantitative estimate of drug-likeness (QED) is 0.629. The third-order valence-corrected chi connectivity index (χ3v) is 1.61. The molecule has 0 radical (unpaired) electrons. The van der Waals surface area contributed by atoms with Gasteiger partial charge in [-0.15, -0.1) is 0 Å². The number of rotatable bonds is 5. The van der Waals surface area contributed by atoms with Crippen LogP contribution in [0.3, 0.4) is 0 Å². The van der Waals surface area contributed by atoms with Crippen LogP contribution in [0.15, 0.2) is 12.2 Å². The van der Waals surface area contributed by atoms with Crippen molar-refractivity contribution in [3.63, 3.8) is 0 Å². The lowest BCUT2D eigenvalue weighted by Crippen LogP contribution is -2.14. The van der Waals surface area contributed by atoms with Crippen LogP contribution >= 0.6 is 0 Å². The summed E-state index contributed by atoms with van der Waals surface area (Å²) in [5, 5.41) is 0. The smallest absolute Gasteiger partial charge is 0.217 e. The molecule has 0 spiro atoms. The minimum Gasteiger partial charge on any atom is -0.370 e. The van der Waals surface area contributed by atoms with Gasteiger partial charge in [0.2, 0.25) is 5.91 Å². The van der Waals surface area contributed by atoms with E-state index in [4.69, 9.17) is 5.73 Å². The second kappa shape index (κ2) is 5.81. The van der Waals surface area contributed by atoms with E-state index in [1.54, 1.807) is 0 Å². The molecule has 12 heavy (non-hydrogen) atoms. The molecule has 0 fully saturated rings. The summed E-state index contributed by atoms with van der Waals surface area (Å²) in [4.78, 5) is 10.5. The molecule has 0 saturated heterocycles. The number of primary amides is 1. The zero-order valence-electron chi connectivity index (χ0n) is 8.21. The average molecular weight is 169 g/mol. The molecule has 0 aromatic heterocycles. The van der Waals surface area contributed by atoms with E-state index in [2.05, 4.69) is 26.0 Å². The Morgan fingerprint density at radius 1 is 1.42 bits per heavy atom. The Morgan fingerprint density at radius 3 is 2.42 bits per heavy atom. The second-order valence-electron chi connectivity index (χ2n) is 3.68. The van der Waals surface area contributed by atoms with Gasteiger partial charge in [0.05, 0.1) is 0 Å². The molecule has 0 rings (SSSR count). The Morgan fingerprint density at radius 2 is 2.00 bits per heavy atom. The third-order valence-electron chi connectivity index (χ3n) is 1.61. The van der Waals surface area contributed by atoms with Crippen molar-refractivity contribution < 1.29 is 4.79 Å². The van der Waals surface area contributed by atoms with Crippen LogP contribution in [0.5, 0.6) is 0 Å². The minimum absolute atomic E-state index is 0.208. The lowest BCUT2D eigenvalue weighted by atomic mass is 10.0. The minimum atomic E-state index is -0.208. The van der Waals surface area contributed by atoms with Gasteiger partial charge in [-0.1, -0.05) is 32.9 Å². The zero-order valence-corrected chi connectivity index (χ0v) is 8.21. The number of allylic oxidation sites excluding steroid dienone is 2. The molecule has 0 heterocycles. The van der Waals surface area contributed by atoms with Gasteiger partial charge in [-0.05, 0) is 18.3 Å². The number of hydrogen-bond acceptors (Lipinski definition) is 1. The maximum atomic E-state index is 10.5. The Hall–Kier alpha value is -0.790. The van der Waals surface area contributed by atoms with Gasteiger partial charge in [0.1, 0.15) is 0 Å². The maximum Gasteiger partial charge on any atom is 0.217 e. The first-order valence-electron chi connectivity index (χ1n) is 4.47. The summed E-state index contributed by atoms with van der Waals surface area (Å²) in [6, 6.07) is 0. The van der Waals surface area contributed by atoms with Crippen LogP contribution in [0.4, 0.5) is 0 Å². The summed E-state index contributed by atoms with van der Waals surface area (Å²) < 4.78 is 0. The number of nitrogens with two attached hydrogens (primary N) is 1. The van der Waals surface area contributed by atoms with Crippen molar-refractivity contribution in [3.05, 3.63) is 12.2 Å². The van der Waals surface area contributed by atoms with Crippen LogP contribution in [0.1, 0.15) is 33.6 Å². The fourth-order valence-corrected chi connectivity index (χ4v) is 1.01. The Kier molecular flexibility index (Phi) is 5.43. The molecule has 1 atom stereocenters. The van der Waals surface area contributed by atoms with Crippen LogP contribution in [0.25, 0.3) is 0 Å². The number of carbonyl (C=O) groups excluding carboxylic acids is 1. The summed E-state index contributed by atoms with van der Waals surface area (Å²) >= 11 is 0. The van der Waals surface area contributed by atoms with E-state index >= 15 is 0 Å². The van der Waals surface area contributed by atoms with Crippen molar-refractivity contribution >= 4 is 5.91 Å². The highest BCUT2D eigenvalue weighted by Gasteiger charge is 2.02. The van der Waals surface area contributed by atoms with Crippen molar-refractivity contribution in [2.45, 2.75) is 33.6 Å². The number of amides is 1. The van der Waals surface area contributed by atoms with Gasteiger partial charge in [0, 0.05) is 6.42 Å². The molecule has 70 valence electrons. The lowest BCUT2D eigenvalue weighted by molar-refractivity contribution is -0.118. The lowest BCUT2D eigenvalue weighted by Gasteiger charge is -2.04. The van der Waals surface area contributed by atoms with Crippen LogP contribution in [-0.4, -0.2) is 5.91 Å². The predicted molar refractivity (Wildman–Crippen MR) is 51.6 cm³/mol. The van der Waals surface area contributed by atoms with Gasteiger partial charge >= 0.3 is 0 Å². The first kappa shape index (κ1) is 11.2. The van der Waals surface area contributed by atoms with Crippen molar-refractivity contribution in [2.75, 3.05) is 0 Å². The third kappa shape index (κ3) is 7.32. The van der Waals surface area contributed by atoms with E-state index in [1.807, 2.05) is 6.92 Å². The molecule has 0 saturated carbocycles. The normalized spacial score (nSPS) is 14.0. The highest BCUT2D eigenvalue weighted by Crippen LogP contribution is 2.08. The second-order valence-corrected chi connectivity index (χ2v) is 3.68. The zero-order chi connectivity index (χ0) is 9.56. The van der Waals surface area contributed by atoms with Crippen molar-refractivity contribution in [1.82, 2.24) is 0 Å². The maximum absolute atomic E-state index is 10.5. The molecule has 2 N–H and O–H groups in total. The molecule has 0 aliphatic heterocycles. The fourth-order valence-electron chi connectivity index (χ4n) is 1.01. The summed E-state index contributed by atoms with van der Waals surface area (Å²) in [5.74, 6) is 0.753. The van der Waals surface area contributed by atoms with Crippen molar-refractivity contribution in [1.29, 1.82) is 0 Å². The molecular weight excluding hydrogens is 150 g/mol. The van der Waals surface area contributed by atoms with Crippen LogP contribution in [0.2, 0.25) is 0 Å². The first-order valence-corrected chi connectivity index (χ1v) is 4.47. The topological polar surface area (TPSA) is 43.1 Å². The Labute approximate surface area is 74.8 Å².